The van der Waals surface area contributed by atoms with Gasteiger partial charge in [0, 0.05) is 12.1 Å². The summed E-state index contributed by atoms with van der Waals surface area (Å²) in [6.07, 6.45) is 2.89. The SMILES string of the molecule is Cc1cc(C)c(COc2cccc(/C=N/Nc3ccc([N+](=O)[O-])cc3[N+](=O)[O-])c2)c(C)c1COc1cccc(/C=N/Nc2ccc([N+](=O)[O-])cc2[N+](=O)[O-])c1. The minimum absolute atomic E-state index is 0.00452. The lowest BCUT2D eigenvalue weighted by Crippen LogP contribution is -2.08. The molecule has 0 bridgehead atoms. The summed E-state index contributed by atoms with van der Waals surface area (Å²) in [4.78, 5) is 41.9. The molecule has 0 aliphatic carbocycles. The molecule has 0 aromatic heterocycles. The van der Waals surface area contributed by atoms with Crippen molar-refractivity contribution < 1.29 is 29.2 Å². The highest BCUT2D eigenvalue weighted by molar-refractivity contribution is 5.82. The third-order valence-electron chi connectivity index (χ3n) is 8.35. The monoisotopic (exact) mass is 748 g/mol. The van der Waals surface area contributed by atoms with E-state index in [0.29, 0.717) is 22.6 Å². The number of nitro groups is 4. The van der Waals surface area contributed by atoms with Gasteiger partial charge in [0.05, 0.1) is 44.3 Å². The number of benzene rings is 5. The first-order chi connectivity index (χ1) is 26.3. The summed E-state index contributed by atoms with van der Waals surface area (Å²) in [6, 6.07) is 22.6. The molecule has 5 aromatic rings. The third kappa shape index (κ3) is 9.77. The van der Waals surface area contributed by atoms with Crippen molar-refractivity contribution in [1.82, 2.24) is 0 Å². The molecule has 0 heterocycles. The Morgan fingerprint density at radius 2 is 0.982 bits per heavy atom. The van der Waals surface area contributed by atoms with Crippen LogP contribution in [0.4, 0.5) is 34.1 Å². The van der Waals surface area contributed by atoms with Crippen LogP contribution in [0.15, 0.2) is 101 Å². The van der Waals surface area contributed by atoms with Gasteiger partial charge in [-0.2, -0.15) is 10.2 Å². The summed E-state index contributed by atoms with van der Waals surface area (Å²) < 4.78 is 12.3. The van der Waals surface area contributed by atoms with E-state index < -0.39 is 42.4 Å². The molecule has 280 valence electrons. The van der Waals surface area contributed by atoms with Crippen molar-refractivity contribution in [2.75, 3.05) is 10.9 Å². The van der Waals surface area contributed by atoms with E-state index in [4.69, 9.17) is 9.47 Å². The zero-order valence-electron chi connectivity index (χ0n) is 29.5. The van der Waals surface area contributed by atoms with E-state index in [9.17, 15) is 40.5 Å². The first-order valence-corrected chi connectivity index (χ1v) is 16.3. The van der Waals surface area contributed by atoms with Crippen LogP contribution in [-0.4, -0.2) is 32.1 Å². The average Bonchev–Trinajstić information content (AvgIpc) is 3.14. The van der Waals surface area contributed by atoms with Crippen LogP contribution in [0.2, 0.25) is 0 Å². The Labute approximate surface area is 312 Å². The van der Waals surface area contributed by atoms with Gasteiger partial charge >= 0.3 is 11.4 Å². The van der Waals surface area contributed by atoms with Gasteiger partial charge < -0.3 is 9.47 Å². The zero-order chi connectivity index (χ0) is 39.6. The summed E-state index contributed by atoms with van der Waals surface area (Å²) in [5, 5.41) is 53.0. The van der Waals surface area contributed by atoms with Crippen molar-refractivity contribution >= 4 is 46.6 Å². The summed E-state index contributed by atoms with van der Waals surface area (Å²) in [5.74, 6) is 1.11. The number of anilines is 2. The first-order valence-electron chi connectivity index (χ1n) is 16.3. The standard InChI is InChI=1S/C37H32N8O10/c1-23-14-24(2)33(22-55-31-9-5-7-27(16-31)20-39-41-35-13-11-29(43(48)49)18-37(35)45(52)53)25(3)32(23)21-54-30-8-4-6-26(15-30)19-38-40-34-12-10-28(42(46)47)17-36(34)44(50)51/h4-20,40-41H,21-22H2,1-3H3/b38-19+,39-20+. The number of nitrogens with zero attached hydrogens (tertiary/aromatic N) is 6. The Morgan fingerprint density at radius 1 is 0.564 bits per heavy atom. The van der Waals surface area contributed by atoms with E-state index in [1.54, 1.807) is 48.5 Å². The van der Waals surface area contributed by atoms with Gasteiger partial charge in [0.15, 0.2) is 0 Å². The lowest BCUT2D eigenvalue weighted by molar-refractivity contribution is -0.393. The van der Waals surface area contributed by atoms with E-state index in [1.807, 2.05) is 20.8 Å². The highest BCUT2D eigenvalue weighted by Gasteiger charge is 2.20. The van der Waals surface area contributed by atoms with Crippen molar-refractivity contribution in [3.63, 3.8) is 0 Å². The van der Waals surface area contributed by atoms with Crippen molar-refractivity contribution in [2.45, 2.75) is 34.0 Å². The summed E-state index contributed by atoms with van der Waals surface area (Å²) in [6.45, 7) is 6.50. The minimum Gasteiger partial charge on any atom is -0.489 e. The lowest BCUT2D eigenvalue weighted by Gasteiger charge is -2.18. The molecule has 5 rings (SSSR count). The van der Waals surface area contributed by atoms with Crippen LogP contribution in [-0.2, 0) is 13.2 Å². The van der Waals surface area contributed by atoms with Gasteiger partial charge in [0.2, 0.25) is 0 Å². The molecule has 55 heavy (non-hydrogen) atoms. The summed E-state index contributed by atoms with van der Waals surface area (Å²) in [5.41, 5.74) is 9.63. The Bertz CT molecular complexity index is 2200. The Hall–Kier alpha value is -7.76. The van der Waals surface area contributed by atoms with Gasteiger partial charge in [0.1, 0.15) is 36.1 Å². The fourth-order valence-corrected chi connectivity index (χ4v) is 5.51. The van der Waals surface area contributed by atoms with Crippen molar-refractivity contribution in [3.8, 4) is 11.5 Å². The van der Waals surface area contributed by atoms with Crippen LogP contribution in [0.25, 0.3) is 0 Å². The van der Waals surface area contributed by atoms with Crippen LogP contribution in [0, 0.1) is 61.2 Å². The number of nitro benzene ring substituents is 4. The largest absolute Gasteiger partial charge is 0.489 e. The number of hydrogen-bond donors (Lipinski definition) is 2. The van der Waals surface area contributed by atoms with Crippen LogP contribution < -0.4 is 20.3 Å². The van der Waals surface area contributed by atoms with Crippen molar-refractivity contribution in [2.24, 2.45) is 10.2 Å². The number of rotatable bonds is 16. The number of non-ortho nitro benzene ring substituents is 2. The average molecular weight is 749 g/mol. The first kappa shape index (κ1) is 38.5. The number of hydrazone groups is 2. The molecule has 0 unspecified atom stereocenters. The van der Waals surface area contributed by atoms with Gasteiger partial charge in [-0.3, -0.25) is 51.3 Å². The molecule has 2 N–H and O–H groups in total. The lowest BCUT2D eigenvalue weighted by atomic mass is 9.94. The minimum atomic E-state index is -0.729. The quantitative estimate of drug-likeness (QED) is 0.0550. The highest BCUT2D eigenvalue weighted by Crippen LogP contribution is 2.31. The molecule has 0 fully saturated rings. The Kier molecular flexibility index (Phi) is 12.0. The highest BCUT2D eigenvalue weighted by atomic mass is 16.6. The van der Waals surface area contributed by atoms with Crippen molar-refractivity contribution in [3.05, 3.63) is 170 Å². The predicted octanol–water partition coefficient (Wildman–Crippen LogP) is 8.29. The fraction of sp³-hybridized carbons (Fsp3) is 0.135. The maximum absolute atomic E-state index is 11.4. The van der Waals surface area contributed by atoms with Gasteiger partial charge in [0.25, 0.3) is 11.4 Å². The number of nitrogens with one attached hydrogen (secondary N) is 2. The molecule has 18 heteroatoms. The molecular weight excluding hydrogens is 716 g/mol. The van der Waals surface area contributed by atoms with E-state index in [2.05, 4.69) is 27.1 Å². The molecule has 5 aromatic carbocycles. The molecule has 0 aliphatic heterocycles. The van der Waals surface area contributed by atoms with E-state index in [1.165, 1.54) is 24.6 Å². The summed E-state index contributed by atoms with van der Waals surface area (Å²) in [7, 11) is 0. The third-order valence-corrected chi connectivity index (χ3v) is 8.35. The second-order valence-corrected chi connectivity index (χ2v) is 12.0. The second-order valence-electron chi connectivity index (χ2n) is 12.0. The van der Waals surface area contributed by atoms with Crippen LogP contribution in [0.1, 0.15) is 38.9 Å². The van der Waals surface area contributed by atoms with Gasteiger partial charge in [-0.25, -0.2) is 0 Å². The number of ether oxygens (including phenoxy) is 2. The maximum atomic E-state index is 11.4. The topological polar surface area (TPSA) is 240 Å². The normalized spacial score (nSPS) is 11.0. The second kappa shape index (κ2) is 17.2. The van der Waals surface area contributed by atoms with Gasteiger partial charge in [-0.05, 0) is 96.1 Å². The molecular formula is C37H32N8O10. The maximum Gasteiger partial charge on any atom is 0.301 e. The zero-order valence-corrected chi connectivity index (χ0v) is 29.5. The van der Waals surface area contributed by atoms with Crippen molar-refractivity contribution in [1.29, 1.82) is 0 Å². The van der Waals surface area contributed by atoms with Gasteiger partial charge in [-0.1, -0.05) is 30.3 Å². The molecule has 0 radical (unpaired) electrons. The van der Waals surface area contributed by atoms with Crippen LogP contribution >= 0.6 is 0 Å². The molecule has 18 nitrogen and oxygen atoms in total. The number of hydrogen-bond acceptors (Lipinski definition) is 14. The Balaban J connectivity index is 1.22. The van der Waals surface area contributed by atoms with Crippen LogP contribution in [0.3, 0.4) is 0 Å². The molecule has 0 aliphatic rings. The fourth-order valence-electron chi connectivity index (χ4n) is 5.51. The van der Waals surface area contributed by atoms with Gasteiger partial charge in [-0.15, -0.1) is 0 Å². The molecule has 0 saturated carbocycles. The molecule has 0 saturated heterocycles. The van der Waals surface area contributed by atoms with E-state index in [-0.39, 0.29) is 24.6 Å². The molecule has 0 amide bonds. The van der Waals surface area contributed by atoms with E-state index >= 15 is 0 Å². The summed E-state index contributed by atoms with van der Waals surface area (Å²) >= 11 is 0. The van der Waals surface area contributed by atoms with Crippen LogP contribution in [0.5, 0.6) is 11.5 Å². The van der Waals surface area contributed by atoms with E-state index in [0.717, 1.165) is 52.1 Å². The predicted molar refractivity (Wildman–Crippen MR) is 204 cm³/mol. The Morgan fingerprint density at radius 3 is 1.36 bits per heavy atom. The molecule has 0 atom stereocenters. The molecule has 0 spiro atoms. The number of aryl methyl sites for hydroxylation is 2. The smallest absolute Gasteiger partial charge is 0.301 e.